The van der Waals surface area contributed by atoms with Gasteiger partial charge in [0.1, 0.15) is 0 Å². The third kappa shape index (κ3) is 2.91. The van der Waals surface area contributed by atoms with E-state index in [1.54, 1.807) is 6.92 Å². The number of likely N-dealkylation sites (tertiary alicyclic amines) is 1. The van der Waals surface area contributed by atoms with Gasteiger partial charge in [0, 0.05) is 25.1 Å². The van der Waals surface area contributed by atoms with Gasteiger partial charge in [-0.2, -0.15) is 0 Å². The van der Waals surface area contributed by atoms with Crippen LogP contribution >= 0.6 is 0 Å². The van der Waals surface area contributed by atoms with Gasteiger partial charge in [-0.1, -0.05) is 0 Å². The number of hydrogen-bond acceptors (Lipinski definition) is 2. The van der Waals surface area contributed by atoms with Crippen molar-refractivity contribution in [2.45, 2.75) is 38.8 Å². The maximum atomic E-state index is 12.8. The van der Waals surface area contributed by atoms with Crippen LogP contribution in [0.5, 0.6) is 0 Å². The Kier molecular flexibility index (Phi) is 3.62. The zero-order chi connectivity index (χ0) is 10.7. The summed E-state index contributed by atoms with van der Waals surface area (Å²) in [6, 6.07) is 0. The molecule has 0 bridgehead atoms. The Morgan fingerprint density at radius 1 is 1.47 bits per heavy atom. The molecule has 2 atom stereocenters. The van der Waals surface area contributed by atoms with E-state index >= 15 is 0 Å². The van der Waals surface area contributed by atoms with Crippen LogP contribution in [0.1, 0.15) is 32.6 Å². The Labute approximate surface area is 91.8 Å². The van der Waals surface area contributed by atoms with Crippen LogP contribution in [0.4, 0.5) is 4.39 Å². The van der Waals surface area contributed by atoms with Crippen LogP contribution in [0.25, 0.3) is 0 Å². The normalized spacial score (nSPS) is 34.8. The molecule has 0 aromatic rings. The van der Waals surface area contributed by atoms with E-state index in [0.29, 0.717) is 11.8 Å². The highest BCUT2D eigenvalue weighted by atomic mass is 19.1. The second kappa shape index (κ2) is 4.79. The van der Waals surface area contributed by atoms with Gasteiger partial charge in [0.15, 0.2) is 0 Å². The van der Waals surface area contributed by atoms with Crippen LogP contribution in [0.3, 0.4) is 0 Å². The molecule has 2 nitrogen and oxygen atoms in total. The molecule has 0 radical (unpaired) electrons. The van der Waals surface area contributed by atoms with Crippen molar-refractivity contribution in [2.75, 3.05) is 32.8 Å². The molecular weight excluding hydrogens is 193 g/mol. The Hall–Kier alpha value is -0.150. The first-order chi connectivity index (χ1) is 7.20. The van der Waals surface area contributed by atoms with Gasteiger partial charge in [-0.3, -0.25) is 0 Å². The van der Waals surface area contributed by atoms with Gasteiger partial charge in [0.25, 0.3) is 0 Å². The van der Waals surface area contributed by atoms with E-state index in [-0.39, 0.29) is 0 Å². The molecule has 0 amide bonds. The Morgan fingerprint density at radius 2 is 2.33 bits per heavy atom. The molecule has 2 saturated heterocycles. The first-order valence-corrected chi connectivity index (χ1v) is 6.14. The van der Waals surface area contributed by atoms with Crippen molar-refractivity contribution in [3.05, 3.63) is 0 Å². The number of alkyl halides is 1. The first-order valence-electron chi connectivity index (χ1n) is 6.14. The fourth-order valence-corrected chi connectivity index (χ4v) is 2.83. The second-order valence-corrected chi connectivity index (χ2v) is 5.25. The molecule has 2 aliphatic rings. The molecule has 3 heteroatoms. The quantitative estimate of drug-likeness (QED) is 0.716. The van der Waals surface area contributed by atoms with Crippen LogP contribution < -0.4 is 0 Å². The van der Waals surface area contributed by atoms with E-state index in [1.165, 1.54) is 19.3 Å². The fraction of sp³-hybridized carbons (Fsp3) is 1.00. The lowest BCUT2D eigenvalue weighted by atomic mass is 9.79. The summed E-state index contributed by atoms with van der Waals surface area (Å²) >= 11 is 0. The minimum Gasteiger partial charge on any atom is -0.381 e. The van der Waals surface area contributed by atoms with E-state index in [2.05, 4.69) is 4.90 Å². The second-order valence-electron chi connectivity index (χ2n) is 5.25. The predicted octanol–water partition coefficient (Wildman–Crippen LogP) is 2.24. The summed E-state index contributed by atoms with van der Waals surface area (Å²) < 4.78 is 18.3. The van der Waals surface area contributed by atoms with Crippen molar-refractivity contribution < 1.29 is 9.13 Å². The molecule has 2 rings (SSSR count). The van der Waals surface area contributed by atoms with Crippen molar-refractivity contribution in [3.63, 3.8) is 0 Å². The molecule has 0 N–H and O–H groups in total. The highest BCUT2D eigenvalue weighted by Gasteiger charge is 2.38. The summed E-state index contributed by atoms with van der Waals surface area (Å²) in [6.07, 6.45) is 3.77. The zero-order valence-electron chi connectivity index (χ0n) is 9.67. The van der Waals surface area contributed by atoms with Gasteiger partial charge in [0.05, 0.1) is 12.8 Å². The molecule has 15 heavy (non-hydrogen) atoms. The molecule has 0 aromatic heterocycles. The number of ether oxygens (including phenoxy) is 1. The summed E-state index contributed by atoms with van der Waals surface area (Å²) in [4.78, 5) is 2.42. The number of rotatable bonds is 3. The maximum Gasteiger partial charge on any atom is 0.0985 e. The molecule has 2 aliphatic heterocycles. The van der Waals surface area contributed by atoms with Crippen LogP contribution in [-0.4, -0.2) is 43.9 Å². The molecule has 0 unspecified atom stereocenters. The standard InChI is InChI=1S/C12H22FNO/c1-11(13)3-7-14-6-2-4-12(9-14)5-8-15-10-12/h11H,2-10H2,1H3/t11-,12-/m1/s1. The summed E-state index contributed by atoms with van der Waals surface area (Å²) in [5.41, 5.74) is 0.414. The monoisotopic (exact) mass is 215 g/mol. The zero-order valence-corrected chi connectivity index (χ0v) is 9.67. The highest BCUT2D eigenvalue weighted by molar-refractivity contribution is 4.89. The predicted molar refractivity (Wildman–Crippen MR) is 58.7 cm³/mol. The minimum absolute atomic E-state index is 0.414. The molecule has 0 saturated carbocycles. The smallest absolute Gasteiger partial charge is 0.0985 e. The summed E-state index contributed by atoms with van der Waals surface area (Å²) in [6.45, 7) is 6.69. The van der Waals surface area contributed by atoms with E-state index in [0.717, 1.165) is 32.8 Å². The molecule has 2 fully saturated rings. The van der Waals surface area contributed by atoms with Gasteiger partial charge in [-0.25, -0.2) is 4.39 Å². The average Bonchev–Trinajstić information content (AvgIpc) is 2.63. The summed E-state index contributed by atoms with van der Waals surface area (Å²) in [5, 5.41) is 0. The third-order valence-electron chi connectivity index (χ3n) is 3.77. The lowest BCUT2D eigenvalue weighted by Gasteiger charge is -2.39. The molecular formula is C12H22FNO. The molecule has 1 spiro atoms. The van der Waals surface area contributed by atoms with E-state index < -0.39 is 6.17 Å². The van der Waals surface area contributed by atoms with Gasteiger partial charge in [0.2, 0.25) is 0 Å². The molecule has 0 aromatic carbocycles. The minimum atomic E-state index is -0.664. The highest BCUT2D eigenvalue weighted by Crippen LogP contribution is 2.37. The average molecular weight is 215 g/mol. The lowest BCUT2D eigenvalue weighted by Crippen LogP contribution is -2.44. The van der Waals surface area contributed by atoms with Crippen LogP contribution in [0, 0.1) is 5.41 Å². The number of piperidine rings is 1. The Balaban J connectivity index is 1.81. The largest absolute Gasteiger partial charge is 0.381 e. The van der Waals surface area contributed by atoms with Gasteiger partial charge >= 0.3 is 0 Å². The van der Waals surface area contributed by atoms with Crippen molar-refractivity contribution in [1.82, 2.24) is 4.90 Å². The van der Waals surface area contributed by atoms with Crippen LogP contribution in [-0.2, 0) is 4.74 Å². The van der Waals surface area contributed by atoms with Gasteiger partial charge in [-0.15, -0.1) is 0 Å². The van der Waals surface area contributed by atoms with Crippen LogP contribution in [0.15, 0.2) is 0 Å². The number of halogens is 1. The van der Waals surface area contributed by atoms with Crippen molar-refractivity contribution in [1.29, 1.82) is 0 Å². The summed E-state index contributed by atoms with van der Waals surface area (Å²) in [7, 11) is 0. The van der Waals surface area contributed by atoms with Crippen molar-refractivity contribution in [3.8, 4) is 0 Å². The lowest BCUT2D eigenvalue weighted by molar-refractivity contribution is 0.0644. The maximum absolute atomic E-state index is 12.8. The van der Waals surface area contributed by atoms with Crippen molar-refractivity contribution >= 4 is 0 Å². The van der Waals surface area contributed by atoms with E-state index in [9.17, 15) is 4.39 Å². The Bertz CT molecular complexity index is 202. The number of nitrogens with zero attached hydrogens (tertiary/aromatic N) is 1. The van der Waals surface area contributed by atoms with Crippen molar-refractivity contribution in [2.24, 2.45) is 5.41 Å². The summed E-state index contributed by atoms with van der Waals surface area (Å²) in [5.74, 6) is 0. The first kappa shape index (κ1) is 11.3. The molecule has 88 valence electrons. The Morgan fingerprint density at radius 3 is 3.00 bits per heavy atom. The SMILES string of the molecule is C[C@@H](F)CCN1CCC[C@@]2(CCOC2)C1. The van der Waals surface area contributed by atoms with Gasteiger partial charge < -0.3 is 9.64 Å². The number of hydrogen-bond donors (Lipinski definition) is 0. The van der Waals surface area contributed by atoms with E-state index in [4.69, 9.17) is 4.74 Å². The topological polar surface area (TPSA) is 12.5 Å². The van der Waals surface area contributed by atoms with Crippen LogP contribution in [0.2, 0.25) is 0 Å². The van der Waals surface area contributed by atoms with E-state index in [1.807, 2.05) is 0 Å². The molecule has 0 aliphatic carbocycles. The van der Waals surface area contributed by atoms with Gasteiger partial charge in [-0.05, 0) is 39.2 Å². The third-order valence-corrected chi connectivity index (χ3v) is 3.77. The molecule has 2 heterocycles. The fourth-order valence-electron chi connectivity index (χ4n) is 2.83.